The van der Waals surface area contributed by atoms with Gasteiger partial charge in [-0.25, -0.2) is 0 Å². The molecule has 0 atom stereocenters. The first-order valence-corrected chi connectivity index (χ1v) is 2.78. The second kappa shape index (κ2) is 4.97. The Kier molecular flexibility index (Phi) is 4.32. The van der Waals surface area contributed by atoms with Crippen LogP contribution in [0.2, 0.25) is 0 Å². The third kappa shape index (κ3) is 4.68. The van der Waals surface area contributed by atoms with E-state index in [2.05, 4.69) is 0 Å². The summed E-state index contributed by atoms with van der Waals surface area (Å²) < 4.78 is 0. The minimum absolute atomic E-state index is 0.708. The molecule has 0 fully saturated rings. The van der Waals surface area contributed by atoms with Crippen molar-refractivity contribution in [2.75, 3.05) is 0 Å². The number of allylic oxidation sites excluding steroid dienone is 4. The molecule has 0 aliphatic rings. The molecule has 9 heavy (non-hydrogen) atoms. The van der Waals surface area contributed by atoms with Gasteiger partial charge < -0.3 is 11.5 Å². The molecule has 0 aromatic rings. The fourth-order valence-electron chi connectivity index (χ4n) is 0.415. The summed E-state index contributed by atoms with van der Waals surface area (Å²) in [4.78, 5) is 0. The summed E-state index contributed by atoms with van der Waals surface area (Å²) in [5.74, 6) is 0. The average Bonchev–Trinajstić information content (AvgIpc) is 1.85. The Morgan fingerprint density at radius 1 is 1.44 bits per heavy atom. The van der Waals surface area contributed by atoms with Crippen molar-refractivity contribution in [3.05, 3.63) is 36.2 Å². The van der Waals surface area contributed by atoms with Gasteiger partial charge in [-0.3, -0.25) is 0 Å². The molecular formula is C7H12N2. The first-order chi connectivity index (χ1) is 4.31. The van der Waals surface area contributed by atoms with Crippen molar-refractivity contribution in [2.24, 2.45) is 11.5 Å². The van der Waals surface area contributed by atoms with Gasteiger partial charge in [-0.15, -0.1) is 0 Å². The van der Waals surface area contributed by atoms with E-state index in [1.54, 1.807) is 18.2 Å². The van der Waals surface area contributed by atoms with E-state index >= 15 is 0 Å². The van der Waals surface area contributed by atoms with Gasteiger partial charge in [-0.05, 0) is 31.4 Å². The van der Waals surface area contributed by atoms with Crippen molar-refractivity contribution in [2.45, 2.75) is 6.92 Å². The molecule has 0 rings (SSSR count). The lowest BCUT2D eigenvalue weighted by Crippen LogP contribution is -1.90. The maximum Gasteiger partial charge on any atom is 0.0311 e. The summed E-state index contributed by atoms with van der Waals surface area (Å²) in [7, 11) is 0. The lowest BCUT2D eigenvalue weighted by molar-refractivity contribution is 1.41. The maximum atomic E-state index is 5.44. The first-order valence-electron chi connectivity index (χ1n) is 2.78. The van der Waals surface area contributed by atoms with Crippen LogP contribution in [0.15, 0.2) is 36.2 Å². The predicted octanol–water partition coefficient (Wildman–Crippen LogP) is 0.878. The third-order valence-corrected chi connectivity index (χ3v) is 0.759. The van der Waals surface area contributed by atoms with Gasteiger partial charge >= 0.3 is 0 Å². The third-order valence-electron chi connectivity index (χ3n) is 0.759. The van der Waals surface area contributed by atoms with Gasteiger partial charge in [0.05, 0.1) is 0 Å². The van der Waals surface area contributed by atoms with Crippen molar-refractivity contribution in [1.29, 1.82) is 0 Å². The van der Waals surface area contributed by atoms with Crippen LogP contribution in [0, 0.1) is 0 Å². The Morgan fingerprint density at radius 2 is 2.11 bits per heavy atom. The summed E-state index contributed by atoms with van der Waals surface area (Å²) in [6, 6.07) is 0. The standard InChI is InChI=1S/C7H12N2/c1-2-4-7(9)5-3-6-8/h2-6H,8-9H2,1H3/b4-2-,6-3+,7-5+. The predicted molar refractivity (Wildman–Crippen MR) is 40.4 cm³/mol. The van der Waals surface area contributed by atoms with Crippen molar-refractivity contribution in [3.63, 3.8) is 0 Å². The monoisotopic (exact) mass is 124 g/mol. The summed E-state index contributed by atoms with van der Waals surface area (Å²) in [5, 5.41) is 0. The van der Waals surface area contributed by atoms with Crippen molar-refractivity contribution in [3.8, 4) is 0 Å². The molecule has 0 bridgehead atoms. The number of rotatable bonds is 2. The molecule has 0 aliphatic heterocycles. The highest BCUT2D eigenvalue weighted by molar-refractivity contribution is 5.19. The quantitative estimate of drug-likeness (QED) is 0.537. The molecule has 0 unspecified atom stereocenters. The van der Waals surface area contributed by atoms with Gasteiger partial charge in [0.2, 0.25) is 0 Å². The minimum Gasteiger partial charge on any atom is -0.405 e. The first kappa shape index (κ1) is 7.82. The second-order valence-corrected chi connectivity index (χ2v) is 1.55. The molecule has 0 amide bonds. The fourth-order valence-corrected chi connectivity index (χ4v) is 0.415. The highest BCUT2D eigenvalue weighted by Gasteiger charge is 1.73. The largest absolute Gasteiger partial charge is 0.405 e. The van der Waals surface area contributed by atoms with Crippen molar-refractivity contribution in [1.82, 2.24) is 0 Å². The zero-order chi connectivity index (χ0) is 7.11. The van der Waals surface area contributed by atoms with Crippen LogP contribution in [0.3, 0.4) is 0 Å². The van der Waals surface area contributed by atoms with Crippen molar-refractivity contribution >= 4 is 0 Å². The Hall–Kier alpha value is -1.18. The van der Waals surface area contributed by atoms with Crippen molar-refractivity contribution < 1.29 is 0 Å². The van der Waals surface area contributed by atoms with Crippen LogP contribution >= 0.6 is 0 Å². The topological polar surface area (TPSA) is 52.0 Å². The molecule has 0 aromatic heterocycles. The second-order valence-electron chi connectivity index (χ2n) is 1.55. The van der Waals surface area contributed by atoms with Crippen LogP contribution in [-0.2, 0) is 0 Å². The Labute approximate surface area is 55.5 Å². The van der Waals surface area contributed by atoms with Gasteiger partial charge in [0.15, 0.2) is 0 Å². The van der Waals surface area contributed by atoms with E-state index in [1.165, 1.54) is 6.20 Å². The summed E-state index contributed by atoms with van der Waals surface area (Å²) >= 11 is 0. The summed E-state index contributed by atoms with van der Waals surface area (Å²) in [5.41, 5.74) is 11.2. The van der Waals surface area contributed by atoms with Gasteiger partial charge in [0.25, 0.3) is 0 Å². The number of nitrogens with two attached hydrogens (primary N) is 2. The van der Waals surface area contributed by atoms with Crippen LogP contribution < -0.4 is 11.5 Å². The van der Waals surface area contributed by atoms with Gasteiger partial charge in [0.1, 0.15) is 0 Å². The van der Waals surface area contributed by atoms with E-state index in [0.717, 1.165) is 0 Å². The number of hydrogen-bond acceptors (Lipinski definition) is 2. The maximum absolute atomic E-state index is 5.44. The van der Waals surface area contributed by atoms with E-state index in [4.69, 9.17) is 11.5 Å². The molecule has 0 saturated heterocycles. The molecule has 0 aromatic carbocycles. The molecular weight excluding hydrogens is 112 g/mol. The van der Waals surface area contributed by atoms with Crippen LogP contribution in [-0.4, -0.2) is 0 Å². The Morgan fingerprint density at radius 3 is 2.56 bits per heavy atom. The Bertz CT molecular complexity index is 143. The van der Waals surface area contributed by atoms with E-state index < -0.39 is 0 Å². The number of hydrogen-bond donors (Lipinski definition) is 2. The highest BCUT2D eigenvalue weighted by Crippen LogP contribution is 1.85. The summed E-state index contributed by atoms with van der Waals surface area (Å²) in [6.07, 6.45) is 8.54. The van der Waals surface area contributed by atoms with Gasteiger partial charge in [0, 0.05) is 5.70 Å². The molecule has 50 valence electrons. The molecule has 0 saturated carbocycles. The minimum atomic E-state index is 0.708. The molecule has 0 heterocycles. The van der Waals surface area contributed by atoms with Gasteiger partial charge in [-0.1, -0.05) is 6.08 Å². The SMILES string of the molecule is C\C=C/C(N)=C\C=C\N. The van der Waals surface area contributed by atoms with E-state index in [9.17, 15) is 0 Å². The Balaban J connectivity index is 3.84. The highest BCUT2D eigenvalue weighted by atomic mass is 14.5. The van der Waals surface area contributed by atoms with E-state index in [-0.39, 0.29) is 0 Å². The van der Waals surface area contributed by atoms with Crippen LogP contribution in [0.4, 0.5) is 0 Å². The normalized spacial score (nSPS) is 13.7. The van der Waals surface area contributed by atoms with Gasteiger partial charge in [-0.2, -0.15) is 0 Å². The molecule has 2 nitrogen and oxygen atoms in total. The van der Waals surface area contributed by atoms with Crippen LogP contribution in [0.5, 0.6) is 0 Å². The molecule has 0 spiro atoms. The molecule has 2 heteroatoms. The average molecular weight is 124 g/mol. The van der Waals surface area contributed by atoms with E-state index in [1.807, 2.05) is 13.0 Å². The lowest BCUT2D eigenvalue weighted by Gasteiger charge is -1.84. The molecule has 0 aliphatic carbocycles. The fraction of sp³-hybridized carbons (Fsp3) is 0.143. The van der Waals surface area contributed by atoms with Crippen LogP contribution in [0.25, 0.3) is 0 Å². The molecule has 0 radical (unpaired) electrons. The zero-order valence-corrected chi connectivity index (χ0v) is 5.54. The zero-order valence-electron chi connectivity index (χ0n) is 5.54. The molecule has 4 N–H and O–H groups in total. The smallest absolute Gasteiger partial charge is 0.0311 e. The lowest BCUT2D eigenvalue weighted by atomic mass is 10.3. The van der Waals surface area contributed by atoms with E-state index in [0.29, 0.717) is 5.70 Å². The van der Waals surface area contributed by atoms with Crippen LogP contribution in [0.1, 0.15) is 6.92 Å². The summed E-state index contributed by atoms with van der Waals surface area (Å²) in [6.45, 7) is 1.91.